The molecule has 2 aliphatic rings. The Bertz CT molecular complexity index is 1390. The zero-order valence-corrected chi connectivity index (χ0v) is 24.0. The summed E-state index contributed by atoms with van der Waals surface area (Å²) in [4.78, 5) is 12.5. The first kappa shape index (κ1) is 27.6. The fourth-order valence-electron chi connectivity index (χ4n) is 5.40. The summed E-state index contributed by atoms with van der Waals surface area (Å²) in [7, 11) is 0. The lowest BCUT2D eigenvalue weighted by atomic mass is 9.91. The van der Waals surface area contributed by atoms with Crippen LogP contribution in [0.4, 0.5) is 4.39 Å². The van der Waals surface area contributed by atoms with Crippen molar-refractivity contribution in [3.8, 4) is 0 Å². The SMILES string of the molecule is C=Cc1ccc2nc(CN3CCC(C(/C=C\C=C\C)=NCc4ccc(C)cc4F)CC3)n(CC3CCS3)c2c1. The molecule has 2 saturated heterocycles. The molecule has 1 unspecified atom stereocenters. The topological polar surface area (TPSA) is 33.4 Å². The van der Waals surface area contributed by atoms with Gasteiger partial charge in [0.1, 0.15) is 11.6 Å². The van der Waals surface area contributed by atoms with E-state index in [4.69, 9.17) is 9.98 Å². The summed E-state index contributed by atoms with van der Waals surface area (Å²) in [6.45, 7) is 12.1. The molecule has 0 spiro atoms. The van der Waals surface area contributed by atoms with Crippen molar-refractivity contribution in [1.82, 2.24) is 14.5 Å². The predicted octanol–water partition coefficient (Wildman–Crippen LogP) is 7.62. The maximum atomic E-state index is 14.4. The third-order valence-electron chi connectivity index (χ3n) is 7.85. The molecule has 0 radical (unpaired) electrons. The number of likely N-dealkylation sites (tertiary alicyclic amines) is 1. The number of benzene rings is 2. The summed E-state index contributed by atoms with van der Waals surface area (Å²) in [5.41, 5.74) is 6.08. The number of nitrogens with zero attached hydrogens (tertiary/aromatic N) is 4. The van der Waals surface area contributed by atoms with E-state index in [-0.39, 0.29) is 5.82 Å². The molecular formula is C33H39FN4S. The second-order valence-corrected chi connectivity index (χ2v) is 12.1. The van der Waals surface area contributed by atoms with E-state index in [1.807, 2.05) is 44.2 Å². The lowest BCUT2D eigenvalue weighted by Crippen LogP contribution is -2.36. The summed E-state index contributed by atoms with van der Waals surface area (Å²) in [5.74, 6) is 2.63. The van der Waals surface area contributed by atoms with Crippen LogP contribution in [0.5, 0.6) is 0 Å². The number of thioether (sulfide) groups is 1. The highest BCUT2D eigenvalue weighted by Gasteiger charge is 2.26. The second kappa shape index (κ2) is 12.9. The zero-order valence-electron chi connectivity index (χ0n) is 23.2. The van der Waals surface area contributed by atoms with E-state index >= 15 is 0 Å². The van der Waals surface area contributed by atoms with Crippen LogP contribution in [0.1, 0.15) is 48.7 Å². The van der Waals surface area contributed by atoms with Gasteiger partial charge in [0.25, 0.3) is 0 Å². The van der Waals surface area contributed by atoms with Crippen molar-refractivity contribution in [2.45, 2.75) is 58.0 Å². The Kier molecular flexibility index (Phi) is 9.15. The number of aryl methyl sites for hydroxylation is 1. The maximum Gasteiger partial charge on any atom is 0.128 e. The number of aromatic nitrogens is 2. The molecule has 0 bridgehead atoms. The number of fused-ring (bicyclic) bond motifs is 1. The van der Waals surface area contributed by atoms with E-state index in [1.54, 1.807) is 6.07 Å². The van der Waals surface area contributed by atoms with Gasteiger partial charge < -0.3 is 4.57 Å². The van der Waals surface area contributed by atoms with Crippen LogP contribution >= 0.6 is 11.8 Å². The molecule has 2 fully saturated rings. The highest BCUT2D eigenvalue weighted by atomic mass is 32.2. The highest BCUT2D eigenvalue weighted by molar-refractivity contribution is 8.01. The third-order valence-corrected chi connectivity index (χ3v) is 9.18. The van der Waals surface area contributed by atoms with Gasteiger partial charge >= 0.3 is 0 Å². The molecular weight excluding hydrogens is 503 g/mol. The number of allylic oxidation sites excluding steroid dienone is 4. The van der Waals surface area contributed by atoms with Crippen LogP contribution in [0.2, 0.25) is 0 Å². The van der Waals surface area contributed by atoms with Gasteiger partial charge in [0.15, 0.2) is 0 Å². The monoisotopic (exact) mass is 542 g/mol. The van der Waals surface area contributed by atoms with Gasteiger partial charge in [-0.15, -0.1) is 0 Å². The van der Waals surface area contributed by atoms with Gasteiger partial charge in [-0.1, -0.05) is 49.1 Å². The first-order valence-electron chi connectivity index (χ1n) is 14.1. The molecule has 0 saturated carbocycles. The minimum absolute atomic E-state index is 0.172. The Balaban J connectivity index is 1.29. The van der Waals surface area contributed by atoms with Crippen molar-refractivity contribution in [1.29, 1.82) is 0 Å². The van der Waals surface area contributed by atoms with Gasteiger partial charge in [0, 0.05) is 29.0 Å². The number of halogens is 1. The normalized spacial score (nSPS) is 19.4. The Labute approximate surface area is 236 Å². The predicted molar refractivity (Wildman–Crippen MR) is 165 cm³/mol. The van der Waals surface area contributed by atoms with Crippen LogP contribution in [0.3, 0.4) is 0 Å². The minimum Gasteiger partial charge on any atom is -0.326 e. The van der Waals surface area contributed by atoms with E-state index in [0.29, 0.717) is 23.3 Å². The number of piperidine rings is 1. The van der Waals surface area contributed by atoms with Gasteiger partial charge in [-0.05, 0) is 87.4 Å². The molecule has 204 valence electrons. The third kappa shape index (κ3) is 6.79. The number of aliphatic imine (C=N–C) groups is 1. The Hall–Kier alpha value is -2.96. The van der Waals surface area contributed by atoms with Crippen molar-refractivity contribution in [2.75, 3.05) is 18.8 Å². The molecule has 5 rings (SSSR count). The van der Waals surface area contributed by atoms with Crippen LogP contribution in [-0.2, 0) is 19.6 Å². The lowest BCUT2D eigenvalue weighted by molar-refractivity contribution is 0.195. The van der Waals surface area contributed by atoms with E-state index in [0.717, 1.165) is 67.2 Å². The molecule has 6 heteroatoms. The Morgan fingerprint density at radius 1 is 1.15 bits per heavy atom. The number of rotatable bonds is 10. The number of hydrogen-bond donors (Lipinski definition) is 0. The molecule has 0 aliphatic carbocycles. The zero-order chi connectivity index (χ0) is 27.2. The molecule has 4 nitrogen and oxygen atoms in total. The largest absolute Gasteiger partial charge is 0.326 e. The average Bonchev–Trinajstić information content (AvgIpc) is 3.25. The molecule has 3 heterocycles. The van der Waals surface area contributed by atoms with Crippen molar-refractivity contribution < 1.29 is 4.39 Å². The van der Waals surface area contributed by atoms with E-state index in [1.165, 1.54) is 17.7 Å². The van der Waals surface area contributed by atoms with Crippen LogP contribution in [0, 0.1) is 18.7 Å². The first-order chi connectivity index (χ1) is 19.0. The van der Waals surface area contributed by atoms with Crippen molar-refractivity contribution in [2.24, 2.45) is 10.9 Å². The second-order valence-electron chi connectivity index (χ2n) is 10.6. The Morgan fingerprint density at radius 2 is 1.97 bits per heavy atom. The average molecular weight is 543 g/mol. The van der Waals surface area contributed by atoms with Crippen molar-refractivity contribution in [3.63, 3.8) is 0 Å². The molecule has 3 aromatic rings. The van der Waals surface area contributed by atoms with Crippen molar-refractivity contribution >= 4 is 34.6 Å². The summed E-state index contributed by atoms with van der Waals surface area (Å²) >= 11 is 2.06. The van der Waals surface area contributed by atoms with E-state index in [2.05, 4.69) is 58.2 Å². The Morgan fingerprint density at radius 3 is 2.67 bits per heavy atom. The molecule has 39 heavy (non-hydrogen) atoms. The summed E-state index contributed by atoms with van der Waals surface area (Å²) in [5, 5.41) is 0.681. The van der Waals surface area contributed by atoms with Crippen LogP contribution < -0.4 is 0 Å². The van der Waals surface area contributed by atoms with Crippen LogP contribution in [0.15, 0.2) is 72.3 Å². The fourth-order valence-corrected chi connectivity index (χ4v) is 6.22. The van der Waals surface area contributed by atoms with Gasteiger partial charge in [-0.3, -0.25) is 9.89 Å². The molecule has 1 aromatic heterocycles. The maximum absolute atomic E-state index is 14.4. The van der Waals surface area contributed by atoms with Crippen molar-refractivity contribution in [3.05, 3.63) is 95.6 Å². The van der Waals surface area contributed by atoms with Gasteiger partial charge in [0.2, 0.25) is 0 Å². The number of imidazole rings is 1. The summed E-state index contributed by atoms with van der Waals surface area (Å²) < 4.78 is 16.9. The molecule has 2 aliphatic heterocycles. The lowest BCUT2D eigenvalue weighted by Gasteiger charge is -2.32. The first-order valence-corrected chi connectivity index (χ1v) is 15.1. The molecule has 1 atom stereocenters. The van der Waals surface area contributed by atoms with E-state index < -0.39 is 0 Å². The molecule has 0 N–H and O–H groups in total. The molecule has 2 aromatic carbocycles. The summed E-state index contributed by atoms with van der Waals surface area (Å²) in [6.07, 6.45) is 13.5. The summed E-state index contributed by atoms with van der Waals surface area (Å²) in [6, 6.07) is 11.9. The van der Waals surface area contributed by atoms with Gasteiger partial charge in [-0.25, -0.2) is 9.37 Å². The van der Waals surface area contributed by atoms with Gasteiger partial charge in [-0.2, -0.15) is 11.8 Å². The quantitative estimate of drug-likeness (QED) is 0.195. The van der Waals surface area contributed by atoms with E-state index in [9.17, 15) is 4.39 Å². The standard InChI is InChI=1S/C33H39FN4S/c1-4-6-7-8-30(35-21-27-11-9-24(3)19-29(27)34)26-13-16-37(17-14-26)23-33-36-31-12-10-25(5-2)20-32(31)38(33)22-28-15-18-39-28/h4-12,19-20,26,28H,2,13-18,21-23H2,1,3H3/b6-4+,8-7-,35-30?. The minimum atomic E-state index is -0.172. The smallest absolute Gasteiger partial charge is 0.128 e. The number of hydrogen-bond acceptors (Lipinski definition) is 4. The van der Waals surface area contributed by atoms with Gasteiger partial charge in [0.05, 0.1) is 24.1 Å². The van der Waals surface area contributed by atoms with Crippen LogP contribution in [0.25, 0.3) is 17.1 Å². The highest BCUT2D eigenvalue weighted by Crippen LogP contribution is 2.32. The fraction of sp³-hybridized carbons (Fsp3) is 0.394. The molecule has 0 amide bonds. The van der Waals surface area contributed by atoms with Crippen LogP contribution in [-0.4, -0.2) is 44.3 Å².